The van der Waals surface area contributed by atoms with Crippen molar-refractivity contribution in [3.8, 4) is 0 Å². The van der Waals surface area contributed by atoms with Crippen molar-refractivity contribution in [1.82, 2.24) is 9.80 Å². The third-order valence-corrected chi connectivity index (χ3v) is 5.47. The van der Waals surface area contributed by atoms with E-state index in [1.165, 1.54) is 33.6 Å². The SMILES string of the molecule is [Br-].[C+]1N(Cc2ccccc2)C(c2ccccc2)=C(c2ccccc2)N1Cc1ccccc1. The highest BCUT2D eigenvalue weighted by atomic mass is 79.9. The van der Waals surface area contributed by atoms with Gasteiger partial charge in [0.15, 0.2) is 0 Å². The molecule has 0 saturated heterocycles. The Hall–Kier alpha value is -3.43. The average molecular weight is 480 g/mol. The molecule has 4 aromatic rings. The highest BCUT2D eigenvalue weighted by Crippen LogP contribution is 2.41. The van der Waals surface area contributed by atoms with Crippen LogP contribution in [0.4, 0.5) is 0 Å². The molecule has 0 spiro atoms. The van der Waals surface area contributed by atoms with E-state index in [-0.39, 0.29) is 17.0 Å². The Kier molecular flexibility index (Phi) is 6.98. The maximum atomic E-state index is 3.68. The molecule has 5 rings (SSSR count). The van der Waals surface area contributed by atoms with E-state index in [1.807, 2.05) is 0 Å². The van der Waals surface area contributed by atoms with Gasteiger partial charge in [0, 0.05) is 11.1 Å². The van der Waals surface area contributed by atoms with Gasteiger partial charge in [-0.3, -0.25) is 0 Å². The van der Waals surface area contributed by atoms with Crippen LogP contribution in [-0.4, -0.2) is 9.80 Å². The van der Waals surface area contributed by atoms with E-state index in [9.17, 15) is 0 Å². The minimum atomic E-state index is 0. The van der Waals surface area contributed by atoms with E-state index in [4.69, 9.17) is 0 Å². The Morgan fingerprint density at radius 1 is 0.438 bits per heavy atom. The first-order valence-electron chi connectivity index (χ1n) is 10.6. The van der Waals surface area contributed by atoms with Crippen molar-refractivity contribution in [2.24, 2.45) is 0 Å². The van der Waals surface area contributed by atoms with Gasteiger partial charge in [-0.1, -0.05) is 121 Å². The van der Waals surface area contributed by atoms with E-state index in [0.717, 1.165) is 13.1 Å². The fraction of sp³-hybridized carbons (Fsp3) is 0.0690. The molecule has 0 fully saturated rings. The van der Waals surface area contributed by atoms with Gasteiger partial charge in [0.25, 0.3) is 0 Å². The van der Waals surface area contributed by atoms with Gasteiger partial charge in [0.2, 0.25) is 0 Å². The van der Waals surface area contributed by atoms with Gasteiger partial charge in [-0.05, 0) is 11.1 Å². The highest BCUT2D eigenvalue weighted by Gasteiger charge is 2.45. The van der Waals surface area contributed by atoms with Crippen LogP contribution in [0.3, 0.4) is 0 Å². The zero-order valence-electron chi connectivity index (χ0n) is 17.7. The molecular formula is C29H24BrN2. The Balaban J connectivity index is 0.00000245. The van der Waals surface area contributed by atoms with Gasteiger partial charge in [-0.15, -0.1) is 9.80 Å². The van der Waals surface area contributed by atoms with Crippen LogP contribution in [0.25, 0.3) is 11.4 Å². The summed E-state index contributed by atoms with van der Waals surface area (Å²) in [5.74, 6) is 0. The molecule has 1 radical (unpaired) electrons. The Morgan fingerprint density at radius 2 is 0.750 bits per heavy atom. The van der Waals surface area contributed by atoms with Crippen LogP contribution in [0.5, 0.6) is 0 Å². The number of halogens is 1. The Labute approximate surface area is 201 Å². The molecule has 3 heteroatoms. The quantitative estimate of drug-likeness (QED) is 0.390. The molecule has 2 nitrogen and oxygen atoms in total. The molecule has 0 amide bonds. The first-order valence-corrected chi connectivity index (χ1v) is 10.6. The predicted octanol–water partition coefficient (Wildman–Crippen LogP) is 3.53. The first kappa shape index (κ1) is 21.8. The van der Waals surface area contributed by atoms with E-state index in [0.29, 0.717) is 0 Å². The lowest BCUT2D eigenvalue weighted by Crippen LogP contribution is -3.00. The van der Waals surface area contributed by atoms with Crippen LogP contribution in [0.15, 0.2) is 121 Å². The van der Waals surface area contributed by atoms with Crippen LogP contribution < -0.4 is 17.0 Å². The summed E-state index contributed by atoms with van der Waals surface area (Å²) in [7, 11) is 0. The smallest absolute Gasteiger partial charge is 0.566 e. The lowest BCUT2D eigenvalue weighted by molar-refractivity contribution is -0.00000603. The van der Waals surface area contributed by atoms with Crippen molar-refractivity contribution in [1.29, 1.82) is 0 Å². The fourth-order valence-electron chi connectivity index (χ4n) is 4.04. The topological polar surface area (TPSA) is 6.48 Å². The molecule has 0 aromatic heterocycles. The summed E-state index contributed by atoms with van der Waals surface area (Å²) in [5, 5.41) is 0. The zero-order valence-corrected chi connectivity index (χ0v) is 19.3. The normalized spacial score (nSPS) is 13.0. The molecule has 0 aliphatic carbocycles. The summed E-state index contributed by atoms with van der Waals surface area (Å²) in [5.41, 5.74) is 7.29. The number of hydrogen-bond donors (Lipinski definition) is 0. The predicted molar refractivity (Wildman–Crippen MR) is 127 cm³/mol. The van der Waals surface area contributed by atoms with Crippen molar-refractivity contribution >= 4 is 11.4 Å². The standard InChI is InChI=1S/C29H24N2.BrH/c1-5-13-24(14-6-1)21-30-23-31(22-25-15-7-2-8-16-25)29(27-19-11-4-12-20-27)28(30)26-17-9-3-10-18-26;/h1-20H,21-22H2;1H/q+1;/p-1. The average Bonchev–Trinajstić information content (AvgIpc) is 3.19. The van der Waals surface area contributed by atoms with Crippen molar-refractivity contribution in [3.63, 3.8) is 0 Å². The molecule has 0 saturated carbocycles. The van der Waals surface area contributed by atoms with Crippen molar-refractivity contribution in [2.75, 3.05) is 0 Å². The molecule has 0 unspecified atom stereocenters. The summed E-state index contributed by atoms with van der Waals surface area (Å²) < 4.78 is 0. The molecule has 32 heavy (non-hydrogen) atoms. The largest absolute Gasteiger partial charge is 1.00 e. The third-order valence-electron chi connectivity index (χ3n) is 5.47. The van der Waals surface area contributed by atoms with Crippen LogP contribution >= 0.6 is 0 Å². The lowest BCUT2D eigenvalue weighted by Gasteiger charge is -2.12. The minimum Gasteiger partial charge on any atom is -1.00 e. The summed E-state index contributed by atoms with van der Waals surface area (Å²) in [4.78, 5) is 4.52. The third kappa shape index (κ3) is 4.74. The van der Waals surface area contributed by atoms with Crippen molar-refractivity contribution in [3.05, 3.63) is 150 Å². The number of hydrogen-bond acceptors (Lipinski definition) is 2. The summed E-state index contributed by atoms with van der Waals surface area (Å²) in [6.07, 6.45) is 0. The van der Waals surface area contributed by atoms with Crippen molar-refractivity contribution < 1.29 is 17.0 Å². The summed E-state index contributed by atoms with van der Waals surface area (Å²) >= 11 is 0. The highest BCUT2D eigenvalue weighted by molar-refractivity contribution is 5.91. The maximum absolute atomic E-state index is 3.68. The number of rotatable bonds is 6. The second kappa shape index (κ2) is 10.3. The minimum absolute atomic E-state index is 0. The fourth-order valence-corrected chi connectivity index (χ4v) is 4.04. The van der Waals surface area contributed by atoms with Gasteiger partial charge >= 0.3 is 6.67 Å². The van der Waals surface area contributed by atoms with E-state index in [2.05, 4.69) is 138 Å². The zero-order chi connectivity index (χ0) is 20.9. The molecule has 1 heterocycles. The van der Waals surface area contributed by atoms with E-state index < -0.39 is 0 Å². The summed E-state index contributed by atoms with van der Waals surface area (Å²) in [6, 6.07) is 42.5. The number of benzene rings is 4. The lowest BCUT2D eigenvalue weighted by atomic mass is 10.0. The molecule has 1 aliphatic heterocycles. The van der Waals surface area contributed by atoms with Crippen LogP contribution in [0, 0.1) is 6.67 Å². The summed E-state index contributed by atoms with van der Waals surface area (Å²) in [6.45, 7) is 5.22. The number of nitrogens with zero attached hydrogens (tertiary/aromatic N) is 2. The van der Waals surface area contributed by atoms with Crippen LogP contribution in [0.1, 0.15) is 22.3 Å². The second-order valence-electron chi connectivity index (χ2n) is 7.67. The van der Waals surface area contributed by atoms with Gasteiger partial charge in [-0.2, -0.15) is 0 Å². The molecule has 1 aliphatic rings. The maximum Gasteiger partial charge on any atom is 0.566 e. The van der Waals surface area contributed by atoms with Crippen molar-refractivity contribution in [2.45, 2.75) is 13.1 Å². The Bertz CT molecular complexity index is 1050. The van der Waals surface area contributed by atoms with Gasteiger partial charge in [-0.25, -0.2) is 0 Å². The molecule has 4 aromatic carbocycles. The van der Waals surface area contributed by atoms with Gasteiger partial charge < -0.3 is 17.0 Å². The van der Waals surface area contributed by atoms with Gasteiger partial charge in [0.05, 0.1) is 13.1 Å². The Morgan fingerprint density at radius 3 is 1.09 bits per heavy atom. The molecule has 0 bridgehead atoms. The molecule has 0 N–H and O–H groups in total. The molecular weight excluding hydrogens is 456 g/mol. The monoisotopic (exact) mass is 479 g/mol. The van der Waals surface area contributed by atoms with E-state index >= 15 is 0 Å². The van der Waals surface area contributed by atoms with Gasteiger partial charge in [0.1, 0.15) is 11.4 Å². The van der Waals surface area contributed by atoms with E-state index in [1.54, 1.807) is 0 Å². The van der Waals surface area contributed by atoms with Crippen LogP contribution in [-0.2, 0) is 13.1 Å². The second-order valence-corrected chi connectivity index (χ2v) is 7.67. The first-order chi connectivity index (χ1) is 15.4. The van der Waals surface area contributed by atoms with Crippen LogP contribution in [0.2, 0.25) is 0 Å². The molecule has 157 valence electrons. The molecule has 0 atom stereocenters.